The molecule has 1 aromatic heterocycles. The third kappa shape index (κ3) is 7.76. The first-order valence-electron chi connectivity index (χ1n) is 17.2. The van der Waals surface area contributed by atoms with Gasteiger partial charge >= 0.3 is 12.4 Å². The number of halogens is 8. The van der Waals surface area contributed by atoms with E-state index in [0.29, 0.717) is 55.4 Å². The van der Waals surface area contributed by atoms with Gasteiger partial charge in [0.25, 0.3) is 0 Å². The summed E-state index contributed by atoms with van der Waals surface area (Å²) in [7, 11) is -4.40. The smallest absolute Gasteiger partial charge is 0.331 e. The zero-order chi connectivity index (χ0) is 39.3. The molecule has 1 atom stereocenters. The minimum absolute atomic E-state index is 0.00334. The molecule has 14 heteroatoms. The maximum absolute atomic E-state index is 15.1. The summed E-state index contributed by atoms with van der Waals surface area (Å²) in [6.07, 6.45) is -9.13. The van der Waals surface area contributed by atoms with Gasteiger partial charge in [-0.05, 0) is 83.1 Å². The molecule has 1 fully saturated rings. The number of fused-ring (bicyclic) bond motifs is 1. The van der Waals surface area contributed by atoms with Gasteiger partial charge in [0, 0.05) is 41.9 Å². The molecule has 4 nitrogen and oxygen atoms in total. The fraction of sp³-hybridized carbons (Fsp3) is 0.220. The summed E-state index contributed by atoms with van der Waals surface area (Å²) in [5, 5.41) is 0.908. The summed E-state index contributed by atoms with van der Waals surface area (Å²) in [6.45, 7) is -0.198. The van der Waals surface area contributed by atoms with Crippen LogP contribution in [0.5, 0.6) is 0 Å². The van der Waals surface area contributed by atoms with E-state index in [0.717, 1.165) is 34.6 Å². The van der Waals surface area contributed by atoms with Crippen molar-refractivity contribution in [1.82, 2.24) is 8.87 Å². The van der Waals surface area contributed by atoms with E-state index < -0.39 is 56.0 Å². The molecule has 1 aliphatic heterocycles. The molecule has 1 aliphatic rings. The summed E-state index contributed by atoms with van der Waals surface area (Å²) >= 11 is 4.94. The first-order valence-corrected chi connectivity index (χ1v) is 19.1. The molecule has 5 aromatic carbocycles. The third-order valence-electron chi connectivity index (χ3n) is 10.1. The predicted molar refractivity (Wildman–Crippen MR) is 196 cm³/mol. The molecule has 2 heterocycles. The Morgan fingerprint density at radius 1 is 0.691 bits per heavy atom. The van der Waals surface area contributed by atoms with Crippen molar-refractivity contribution in [3.63, 3.8) is 0 Å². The minimum atomic E-state index is -4.77. The number of rotatable bonds is 9. The molecule has 1 unspecified atom stereocenters. The lowest BCUT2D eigenvalue weighted by atomic mass is 9.87. The van der Waals surface area contributed by atoms with E-state index in [9.17, 15) is 34.8 Å². The number of sulfonamides is 1. The standard InChI is InChI=1S/C41H32F8N2O2S2/c42-34-13-3-1-8-27(34)21-26-15-16-36-38(33(26)20-25-7-5-10-30(19-25)40(44,45)46)37(39(54)51(36)24-28-9-2-4-14-35(28)43)29-17-18-50(23-29)55(52,53)32-12-6-11-31(22-32)41(47,48)49/h1-16,19,22,29,54H,17-18,20-21,23-24H2. The molecule has 7 rings (SSSR count). The number of hydrogen-bond donors (Lipinski definition) is 1. The Kier molecular flexibility index (Phi) is 10.4. The fourth-order valence-electron chi connectivity index (χ4n) is 7.36. The molecule has 0 spiro atoms. The second-order valence-corrected chi connectivity index (χ2v) is 15.9. The molecule has 286 valence electrons. The van der Waals surface area contributed by atoms with E-state index in [1.807, 2.05) is 0 Å². The molecule has 0 bridgehead atoms. The van der Waals surface area contributed by atoms with Gasteiger partial charge in [-0.2, -0.15) is 30.6 Å². The van der Waals surface area contributed by atoms with Gasteiger partial charge in [0.2, 0.25) is 10.0 Å². The Bertz CT molecular complexity index is 2510. The van der Waals surface area contributed by atoms with Gasteiger partial charge in [-0.15, -0.1) is 12.6 Å². The molecular formula is C41H32F8N2O2S2. The zero-order valence-corrected chi connectivity index (χ0v) is 30.5. The summed E-state index contributed by atoms with van der Waals surface area (Å²) in [5.74, 6) is -1.55. The van der Waals surface area contributed by atoms with Crippen molar-refractivity contribution in [2.45, 2.75) is 54.0 Å². The first-order chi connectivity index (χ1) is 26.0. The largest absolute Gasteiger partial charge is 0.416 e. The topological polar surface area (TPSA) is 42.3 Å². The van der Waals surface area contributed by atoms with Crippen LogP contribution in [0.25, 0.3) is 10.9 Å². The van der Waals surface area contributed by atoms with Crippen molar-refractivity contribution < 1.29 is 43.5 Å². The monoisotopic (exact) mass is 800 g/mol. The Balaban J connectivity index is 1.41. The van der Waals surface area contributed by atoms with Gasteiger partial charge in [-0.1, -0.05) is 66.7 Å². The zero-order valence-electron chi connectivity index (χ0n) is 28.8. The van der Waals surface area contributed by atoms with Crippen molar-refractivity contribution in [3.8, 4) is 0 Å². The summed E-state index contributed by atoms with van der Waals surface area (Å²) in [4.78, 5) is -0.520. The van der Waals surface area contributed by atoms with E-state index in [-0.39, 0.29) is 38.9 Å². The van der Waals surface area contributed by atoms with Gasteiger partial charge in [0.05, 0.1) is 27.6 Å². The van der Waals surface area contributed by atoms with Crippen LogP contribution in [0.2, 0.25) is 0 Å². The van der Waals surface area contributed by atoms with Gasteiger partial charge in [0.15, 0.2) is 0 Å². The lowest BCUT2D eigenvalue weighted by Crippen LogP contribution is -2.29. The Labute approximate surface area is 317 Å². The van der Waals surface area contributed by atoms with Crippen molar-refractivity contribution >= 4 is 33.6 Å². The van der Waals surface area contributed by atoms with Gasteiger partial charge < -0.3 is 4.57 Å². The van der Waals surface area contributed by atoms with Crippen LogP contribution in [0.15, 0.2) is 119 Å². The highest BCUT2D eigenvalue weighted by molar-refractivity contribution is 7.89. The van der Waals surface area contributed by atoms with Gasteiger partial charge in [-0.25, -0.2) is 17.2 Å². The lowest BCUT2D eigenvalue weighted by molar-refractivity contribution is -0.138. The second kappa shape index (κ2) is 14.8. The number of benzene rings is 5. The number of aromatic nitrogens is 1. The van der Waals surface area contributed by atoms with Crippen LogP contribution < -0.4 is 0 Å². The fourth-order valence-corrected chi connectivity index (χ4v) is 9.38. The highest BCUT2D eigenvalue weighted by Gasteiger charge is 2.38. The van der Waals surface area contributed by atoms with Crippen LogP contribution in [-0.4, -0.2) is 30.4 Å². The Hall–Kier alpha value is -4.66. The van der Waals surface area contributed by atoms with Crippen LogP contribution in [0.1, 0.15) is 56.8 Å². The summed E-state index contributed by atoms with van der Waals surface area (Å²) < 4.78 is 143. The van der Waals surface area contributed by atoms with E-state index >= 15 is 8.78 Å². The quantitative estimate of drug-likeness (QED) is 0.117. The molecule has 55 heavy (non-hydrogen) atoms. The van der Waals surface area contributed by atoms with Crippen molar-refractivity contribution in [1.29, 1.82) is 0 Å². The van der Waals surface area contributed by atoms with E-state index in [2.05, 4.69) is 0 Å². The van der Waals surface area contributed by atoms with E-state index in [1.165, 1.54) is 18.2 Å². The van der Waals surface area contributed by atoms with Crippen molar-refractivity contribution in [2.75, 3.05) is 13.1 Å². The maximum atomic E-state index is 15.1. The molecule has 1 saturated heterocycles. The number of hydrogen-bond acceptors (Lipinski definition) is 3. The normalized spacial score (nSPS) is 15.6. The SMILES string of the molecule is O=S(=O)(c1cccc(C(F)(F)F)c1)N1CCC(c2c(S)n(Cc3ccccc3F)c3ccc(Cc4ccccc4F)c(Cc4cccc(C(F)(F)F)c4)c23)C1. The summed E-state index contributed by atoms with van der Waals surface area (Å²) in [5.41, 5.74) is 1.24. The molecule has 0 aliphatic carbocycles. The highest BCUT2D eigenvalue weighted by Crippen LogP contribution is 2.44. The number of alkyl halides is 6. The maximum Gasteiger partial charge on any atom is 0.416 e. The number of thiol groups is 1. The minimum Gasteiger partial charge on any atom is -0.331 e. The van der Waals surface area contributed by atoms with E-state index in [4.69, 9.17) is 12.6 Å². The molecular weight excluding hydrogens is 769 g/mol. The van der Waals surface area contributed by atoms with Crippen molar-refractivity contribution in [3.05, 3.63) is 165 Å². The summed E-state index contributed by atoms with van der Waals surface area (Å²) in [6, 6.07) is 24.1. The van der Waals surface area contributed by atoms with E-state index in [1.54, 1.807) is 59.2 Å². The molecule has 0 amide bonds. The first kappa shape index (κ1) is 38.6. The van der Waals surface area contributed by atoms with Crippen LogP contribution >= 0.6 is 12.6 Å². The molecule has 0 saturated carbocycles. The van der Waals surface area contributed by atoms with Crippen LogP contribution in [0.3, 0.4) is 0 Å². The average Bonchev–Trinajstić information content (AvgIpc) is 3.74. The third-order valence-corrected chi connectivity index (χ3v) is 12.4. The van der Waals surface area contributed by atoms with Gasteiger partial charge in [0.1, 0.15) is 11.6 Å². The van der Waals surface area contributed by atoms with Crippen LogP contribution in [-0.2, 0) is 41.8 Å². The Morgan fingerprint density at radius 2 is 1.31 bits per heavy atom. The lowest BCUT2D eigenvalue weighted by Gasteiger charge is -2.19. The van der Waals surface area contributed by atoms with Crippen molar-refractivity contribution in [2.24, 2.45) is 0 Å². The molecule has 6 aromatic rings. The van der Waals surface area contributed by atoms with Crippen LogP contribution in [0.4, 0.5) is 35.1 Å². The Morgan fingerprint density at radius 3 is 1.96 bits per heavy atom. The highest BCUT2D eigenvalue weighted by atomic mass is 32.2. The number of nitrogens with zero attached hydrogens (tertiary/aromatic N) is 2. The van der Waals surface area contributed by atoms with Crippen LogP contribution in [0, 0.1) is 11.6 Å². The second-order valence-electron chi connectivity index (χ2n) is 13.5. The molecule has 0 N–H and O–H groups in total. The van der Waals surface area contributed by atoms with Gasteiger partial charge in [-0.3, -0.25) is 0 Å². The average molecular weight is 801 g/mol. The molecule has 0 radical (unpaired) electrons. The predicted octanol–water partition coefficient (Wildman–Crippen LogP) is 10.7.